The molecule has 1 aliphatic rings. The highest BCUT2D eigenvalue weighted by Gasteiger charge is 2.36. The highest BCUT2D eigenvalue weighted by molar-refractivity contribution is 5.75. The van der Waals surface area contributed by atoms with Gasteiger partial charge in [0.2, 0.25) is 0 Å². The molecule has 2 unspecified atom stereocenters. The number of carbonyl (C=O) groups excluding carboxylic acids is 2. The van der Waals surface area contributed by atoms with Gasteiger partial charge in [-0.1, -0.05) is 30.3 Å². The maximum atomic E-state index is 12.2. The van der Waals surface area contributed by atoms with E-state index in [9.17, 15) is 9.59 Å². The zero-order chi connectivity index (χ0) is 15.2. The van der Waals surface area contributed by atoms with Crippen molar-refractivity contribution in [2.75, 3.05) is 13.7 Å². The largest absolute Gasteiger partial charge is 0.469 e. The first kappa shape index (κ1) is 15.4. The third-order valence-corrected chi connectivity index (χ3v) is 3.93. The minimum Gasteiger partial charge on any atom is -0.469 e. The molecule has 2 rings (SSSR count). The van der Waals surface area contributed by atoms with Crippen molar-refractivity contribution < 1.29 is 19.1 Å². The number of hydrogen-bond acceptors (Lipinski definition) is 4. The van der Waals surface area contributed by atoms with E-state index in [2.05, 4.69) is 0 Å². The molecule has 0 N–H and O–H groups in total. The molecule has 2 atom stereocenters. The molecule has 1 amide bonds. The van der Waals surface area contributed by atoms with Gasteiger partial charge < -0.3 is 14.4 Å². The summed E-state index contributed by atoms with van der Waals surface area (Å²) in [6.07, 6.45) is 1.15. The number of rotatable bonds is 3. The predicted molar refractivity (Wildman–Crippen MR) is 77.5 cm³/mol. The Balaban J connectivity index is 1.93. The van der Waals surface area contributed by atoms with E-state index in [0.717, 1.165) is 18.4 Å². The Hall–Kier alpha value is -2.04. The van der Waals surface area contributed by atoms with Crippen LogP contribution in [0.4, 0.5) is 4.79 Å². The number of likely N-dealkylation sites (tertiary alicyclic amines) is 1. The van der Waals surface area contributed by atoms with E-state index < -0.39 is 0 Å². The molecule has 0 bridgehead atoms. The number of esters is 1. The van der Waals surface area contributed by atoms with Gasteiger partial charge >= 0.3 is 12.1 Å². The molecule has 0 aromatic heterocycles. The van der Waals surface area contributed by atoms with Crippen LogP contribution in [-0.4, -0.2) is 36.7 Å². The van der Waals surface area contributed by atoms with Gasteiger partial charge in [-0.25, -0.2) is 4.79 Å². The molecule has 0 radical (unpaired) electrons. The molecule has 1 saturated heterocycles. The van der Waals surface area contributed by atoms with Gasteiger partial charge in [-0.2, -0.15) is 0 Å². The average molecular weight is 291 g/mol. The minimum atomic E-state index is -0.375. The SMILES string of the molecule is COC(=O)C1CCCN(C(=O)OCc2ccccc2)C1C. The molecule has 0 saturated carbocycles. The Bertz CT molecular complexity index is 488. The monoisotopic (exact) mass is 291 g/mol. The molecule has 1 aliphatic heterocycles. The molecule has 1 aromatic rings. The fraction of sp³-hybridized carbons (Fsp3) is 0.500. The second-order valence-electron chi connectivity index (χ2n) is 5.25. The van der Waals surface area contributed by atoms with Crippen LogP contribution in [0.25, 0.3) is 0 Å². The van der Waals surface area contributed by atoms with Gasteiger partial charge in [-0.05, 0) is 25.3 Å². The Kier molecular flexibility index (Phi) is 5.20. The Morgan fingerprint density at radius 2 is 2.00 bits per heavy atom. The summed E-state index contributed by atoms with van der Waals surface area (Å²) in [6.45, 7) is 2.72. The van der Waals surface area contributed by atoms with Crippen molar-refractivity contribution in [2.45, 2.75) is 32.4 Å². The lowest BCUT2D eigenvalue weighted by Crippen LogP contribution is -2.49. The van der Waals surface area contributed by atoms with Crippen LogP contribution in [0.15, 0.2) is 30.3 Å². The Morgan fingerprint density at radius 3 is 2.67 bits per heavy atom. The molecule has 1 heterocycles. The Morgan fingerprint density at radius 1 is 1.29 bits per heavy atom. The number of methoxy groups -OCH3 is 1. The highest BCUT2D eigenvalue weighted by Crippen LogP contribution is 2.25. The summed E-state index contributed by atoms with van der Waals surface area (Å²) in [5.41, 5.74) is 0.944. The molecule has 5 heteroatoms. The minimum absolute atomic E-state index is 0.200. The van der Waals surface area contributed by atoms with Gasteiger partial charge in [0, 0.05) is 12.6 Å². The van der Waals surface area contributed by atoms with Crippen LogP contribution in [0, 0.1) is 5.92 Å². The number of benzene rings is 1. The lowest BCUT2D eigenvalue weighted by molar-refractivity contribution is -0.148. The van der Waals surface area contributed by atoms with Crippen LogP contribution < -0.4 is 0 Å². The van der Waals surface area contributed by atoms with E-state index in [1.54, 1.807) is 4.90 Å². The fourth-order valence-electron chi connectivity index (χ4n) is 2.67. The number of ether oxygens (including phenoxy) is 2. The van der Waals surface area contributed by atoms with E-state index in [-0.39, 0.29) is 30.6 Å². The van der Waals surface area contributed by atoms with Gasteiger partial charge in [-0.15, -0.1) is 0 Å². The summed E-state index contributed by atoms with van der Waals surface area (Å²) in [7, 11) is 1.38. The number of nitrogens with zero attached hydrogens (tertiary/aromatic N) is 1. The van der Waals surface area contributed by atoms with Crippen molar-refractivity contribution in [3.63, 3.8) is 0 Å². The zero-order valence-corrected chi connectivity index (χ0v) is 12.5. The summed E-state index contributed by atoms with van der Waals surface area (Å²) in [6, 6.07) is 9.34. The highest BCUT2D eigenvalue weighted by atomic mass is 16.6. The van der Waals surface area contributed by atoms with Crippen molar-refractivity contribution in [1.29, 1.82) is 0 Å². The molecular weight excluding hydrogens is 270 g/mol. The normalized spacial score (nSPS) is 21.7. The number of amides is 1. The topological polar surface area (TPSA) is 55.8 Å². The van der Waals surface area contributed by atoms with E-state index >= 15 is 0 Å². The van der Waals surface area contributed by atoms with Crippen LogP contribution >= 0.6 is 0 Å². The van der Waals surface area contributed by atoms with Gasteiger partial charge in [0.25, 0.3) is 0 Å². The van der Waals surface area contributed by atoms with Gasteiger partial charge in [0.1, 0.15) is 6.61 Å². The lowest BCUT2D eigenvalue weighted by atomic mass is 9.90. The third kappa shape index (κ3) is 3.74. The summed E-state index contributed by atoms with van der Waals surface area (Å²) in [4.78, 5) is 25.5. The zero-order valence-electron chi connectivity index (χ0n) is 12.5. The number of hydrogen-bond donors (Lipinski definition) is 0. The van der Waals surface area contributed by atoms with Crippen LogP contribution in [0.5, 0.6) is 0 Å². The van der Waals surface area contributed by atoms with Crippen molar-refractivity contribution in [2.24, 2.45) is 5.92 Å². The smallest absolute Gasteiger partial charge is 0.410 e. The maximum absolute atomic E-state index is 12.2. The van der Waals surface area contributed by atoms with Crippen molar-refractivity contribution >= 4 is 12.1 Å². The van der Waals surface area contributed by atoms with Crippen LogP contribution in [-0.2, 0) is 20.9 Å². The molecule has 5 nitrogen and oxygen atoms in total. The van der Waals surface area contributed by atoms with E-state index in [1.807, 2.05) is 37.3 Å². The molecule has 21 heavy (non-hydrogen) atoms. The maximum Gasteiger partial charge on any atom is 0.410 e. The van der Waals surface area contributed by atoms with Crippen LogP contribution in [0.1, 0.15) is 25.3 Å². The average Bonchev–Trinajstić information content (AvgIpc) is 2.53. The lowest BCUT2D eigenvalue weighted by Gasteiger charge is -2.37. The second-order valence-corrected chi connectivity index (χ2v) is 5.25. The Labute approximate surface area is 124 Å². The van der Waals surface area contributed by atoms with Crippen molar-refractivity contribution in [1.82, 2.24) is 4.90 Å². The van der Waals surface area contributed by atoms with Crippen LogP contribution in [0.3, 0.4) is 0 Å². The third-order valence-electron chi connectivity index (χ3n) is 3.93. The van der Waals surface area contributed by atoms with Crippen molar-refractivity contribution in [3.8, 4) is 0 Å². The predicted octanol–water partition coefficient (Wildman–Crippen LogP) is 2.60. The molecule has 1 fully saturated rings. The van der Waals surface area contributed by atoms with E-state index in [0.29, 0.717) is 6.54 Å². The molecule has 0 spiro atoms. The summed E-state index contributed by atoms with van der Waals surface area (Å²) < 4.78 is 10.1. The van der Waals surface area contributed by atoms with E-state index in [1.165, 1.54) is 7.11 Å². The van der Waals surface area contributed by atoms with Gasteiger partial charge in [0.05, 0.1) is 13.0 Å². The van der Waals surface area contributed by atoms with Gasteiger partial charge in [0.15, 0.2) is 0 Å². The first-order valence-electron chi connectivity index (χ1n) is 7.18. The molecule has 1 aromatic carbocycles. The number of piperidine rings is 1. The molecule has 114 valence electrons. The van der Waals surface area contributed by atoms with Crippen molar-refractivity contribution in [3.05, 3.63) is 35.9 Å². The summed E-state index contributed by atoms with van der Waals surface area (Å²) >= 11 is 0. The molecular formula is C16H21NO4. The van der Waals surface area contributed by atoms with Gasteiger partial charge in [-0.3, -0.25) is 4.79 Å². The second kappa shape index (κ2) is 7.11. The van der Waals surface area contributed by atoms with Crippen LogP contribution in [0.2, 0.25) is 0 Å². The standard InChI is InChI=1S/C16H21NO4/c1-12-14(15(18)20-2)9-6-10-17(12)16(19)21-11-13-7-4-3-5-8-13/h3-5,7-8,12,14H,6,9-11H2,1-2H3. The van der Waals surface area contributed by atoms with E-state index in [4.69, 9.17) is 9.47 Å². The first-order valence-corrected chi connectivity index (χ1v) is 7.18. The first-order chi connectivity index (χ1) is 10.1. The fourth-order valence-corrected chi connectivity index (χ4v) is 2.67. The summed E-state index contributed by atoms with van der Waals surface area (Å²) in [5.74, 6) is -0.531. The quantitative estimate of drug-likeness (QED) is 0.803. The molecule has 0 aliphatic carbocycles. The number of carbonyl (C=O) groups is 2. The summed E-state index contributed by atoms with van der Waals surface area (Å²) in [5, 5.41) is 0.